The zero-order chi connectivity index (χ0) is 14.1. The molecule has 0 saturated carbocycles. The lowest BCUT2D eigenvalue weighted by Crippen LogP contribution is -2.24. The van der Waals surface area contributed by atoms with Gasteiger partial charge in [-0.25, -0.2) is 0 Å². The number of amides is 1. The Morgan fingerprint density at radius 2 is 2.21 bits per heavy atom. The summed E-state index contributed by atoms with van der Waals surface area (Å²) >= 11 is 0. The maximum Gasteiger partial charge on any atom is 0.251 e. The lowest BCUT2D eigenvalue weighted by molar-refractivity contribution is 0.0953. The summed E-state index contributed by atoms with van der Waals surface area (Å²) in [4.78, 5) is 11.8. The fourth-order valence-corrected chi connectivity index (χ4v) is 1.68. The molecule has 1 amide bonds. The highest BCUT2D eigenvalue weighted by molar-refractivity contribution is 5.94. The molecular weight excluding hydrogens is 236 g/mol. The van der Waals surface area contributed by atoms with E-state index in [1.54, 1.807) is 36.4 Å². The smallest absolute Gasteiger partial charge is 0.251 e. The Hall–Kier alpha value is -2.29. The lowest BCUT2D eigenvalue weighted by Gasteiger charge is -2.06. The Morgan fingerprint density at radius 3 is 2.84 bits per heavy atom. The number of nitrogens with one attached hydrogen (secondary N) is 1. The normalized spacial score (nSPS) is 10.8. The topological polar surface area (TPSA) is 55.1 Å². The van der Waals surface area contributed by atoms with E-state index in [0.29, 0.717) is 17.8 Å². The van der Waals surface area contributed by atoms with Crippen molar-refractivity contribution < 1.29 is 7.65 Å². The molecule has 1 aromatic carbocycles. The van der Waals surface area contributed by atoms with E-state index in [9.17, 15) is 4.79 Å². The number of rotatable bonds is 7. The van der Waals surface area contributed by atoms with Crippen LogP contribution in [0.25, 0.3) is 0 Å². The van der Waals surface area contributed by atoms with Crippen molar-refractivity contribution in [2.75, 3.05) is 12.3 Å². The summed E-state index contributed by atoms with van der Waals surface area (Å²) in [6.45, 7) is 8.00. The number of hydrogen-bond acceptors (Lipinski definition) is 2. The van der Waals surface area contributed by atoms with Crippen molar-refractivity contribution in [3.8, 4) is 0 Å². The summed E-state index contributed by atoms with van der Waals surface area (Å²) in [5, 5.41) is 2.87. The number of carbonyl (C=O) groups is 1. The van der Waals surface area contributed by atoms with Crippen LogP contribution in [0.1, 0.15) is 26.1 Å². The van der Waals surface area contributed by atoms with Crippen LogP contribution in [0.2, 0.25) is 0 Å². The first-order valence-electron chi connectivity index (χ1n) is 6.25. The molecule has 1 aromatic rings. The molecule has 0 unspecified atom stereocenters. The summed E-state index contributed by atoms with van der Waals surface area (Å²) in [5.41, 5.74) is 7.93. The second-order valence-corrected chi connectivity index (χ2v) is 4.17. The van der Waals surface area contributed by atoms with Gasteiger partial charge in [0.25, 0.3) is 5.91 Å². The third-order valence-corrected chi connectivity index (χ3v) is 2.67. The van der Waals surface area contributed by atoms with E-state index < -0.39 is 0 Å². The Balaban J connectivity index is 0. The maximum atomic E-state index is 11.8. The van der Waals surface area contributed by atoms with Gasteiger partial charge in [0, 0.05) is 20.6 Å². The van der Waals surface area contributed by atoms with E-state index in [-0.39, 0.29) is 8.76 Å². The van der Waals surface area contributed by atoms with Gasteiger partial charge in [-0.2, -0.15) is 0 Å². The number of anilines is 1. The van der Waals surface area contributed by atoms with Crippen molar-refractivity contribution in [2.24, 2.45) is 0 Å². The third-order valence-electron chi connectivity index (χ3n) is 2.67. The fraction of sp³-hybridized carbons (Fsp3) is 0.188. The molecule has 0 aliphatic heterocycles. The Labute approximate surface area is 117 Å². The summed E-state index contributed by atoms with van der Waals surface area (Å²) in [6.07, 6.45) is 7.20. The highest BCUT2D eigenvalue weighted by Gasteiger charge is 2.04. The Bertz CT molecular complexity index is 499. The van der Waals surface area contributed by atoms with Gasteiger partial charge in [-0.05, 0) is 36.6 Å². The van der Waals surface area contributed by atoms with Crippen molar-refractivity contribution in [3.05, 3.63) is 66.8 Å². The van der Waals surface area contributed by atoms with Gasteiger partial charge in [0.1, 0.15) is 0 Å². The van der Waals surface area contributed by atoms with Crippen LogP contribution in [0.15, 0.2) is 61.2 Å². The van der Waals surface area contributed by atoms with Crippen LogP contribution in [-0.4, -0.2) is 12.5 Å². The zero-order valence-corrected chi connectivity index (χ0v) is 11.1. The van der Waals surface area contributed by atoms with Crippen LogP contribution in [0, 0.1) is 0 Å². The molecule has 19 heavy (non-hydrogen) atoms. The number of nitrogens with two attached hydrogens (primary N) is 1. The number of hydrogen-bond donors (Lipinski definition) is 2. The van der Waals surface area contributed by atoms with Crippen LogP contribution in [0.5, 0.6) is 0 Å². The second-order valence-electron chi connectivity index (χ2n) is 4.17. The van der Waals surface area contributed by atoms with E-state index in [1.165, 1.54) is 0 Å². The molecule has 0 aromatic heterocycles. The second kappa shape index (κ2) is 7.93. The summed E-state index contributed by atoms with van der Waals surface area (Å²) in [6, 6.07) is 6.95. The zero-order valence-electron chi connectivity index (χ0n) is 11.1. The van der Waals surface area contributed by atoms with Crippen LogP contribution in [0.4, 0.5) is 5.69 Å². The Kier molecular flexibility index (Phi) is 6.16. The van der Waals surface area contributed by atoms with Crippen molar-refractivity contribution in [1.29, 1.82) is 0 Å². The average molecular weight is 260 g/mol. The van der Waals surface area contributed by atoms with Gasteiger partial charge in [-0.3, -0.25) is 4.79 Å². The molecule has 1 rings (SSSR count). The minimum absolute atomic E-state index is 0. The van der Waals surface area contributed by atoms with Crippen LogP contribution < -0.4 is 11.1 Å². The summed E-state index contributed by atoms with van der Waals surface area (Å²) < 4.78 is 0. The Morgan fingerprint density at radius 1 is 1.42 bits per heavy atom. The van der Waals surface area contributed by atoms with Crippen LogP contribution in [0.3, 0.4) is 0 Å². The number of allylic oxidation sites excluding steroid dienone is 4. The van der Waals surface area contributed by atoms with Crippen molar-refractivity contribution >= 4 is 11.6 Å². The summed E-state index contributed by atoms with van der Waals surface area (Å²) in [7, 11) is 0. The molecule has 0 aliphatic rings. The van der Waals surface area contributed by atoms with Crippen molar-refractivity contribution in [3.63, 3.8) is 0 Å². The van der Waals surface area contributed by atoms with E-state index >= 15 is 0 Å². The first-order chi connectivity index (χ1) is 9.17. The molecule has 0 heterocycles. The first kappa shape index (κ1) is 14.8. The van der Waals surface area contributed by atoms with E-state index in [0.717, 1.165) is 18.4 Å². The van der Waals surface area contributed by atoms with Gasteiger partial charge in [0.15, 0.2) is 0 Å². The molecule has 0 aliphatic carbocycles. The van der Waals surface area contributed by atoms with E-state index in [1.807, 2.05) is 6.08 Å². The molecule has 0 fully saturated rings. The van der Waals surface area contributed by atoms with Crippen LogP contribution >= 0.6 is 0 Å². The number of benzene rings is 1. The predicted octanol–water partition coefficient (Wildman–Crippen LogP) is 3.57. The molecule has 0 spiro atoms. The van der Waals surface area contributed by atoms with Gasteiger partial charge in [-0.1, -0.05) is 37.5 Å². The standard InChI is InChI=1S/C16H20N2O.2H2/c1-3-7-13(4-2)8-6-11-18-16(19)14-9-5-10-15(17)12-14;;/h3-5,7,9-10,12H,1-2,6,8,11,17H2,(H,18,19);2*1H/b13-7+;;. The van der Waals surface area contributed by atoms with Crippen LogP contribution in [-0.2, 0) is 0 Å². The molecular formula is C16H24N2O. The maximum absolute atomic E-state index is 11.8. The molecule has 3 heteroatoms. The fourth-order valence-electron chi connectivity index (χ4n) is 1.68. The van der Waals surface area contributed by atoms with Crippen molar-refractivity contribution in [1.82, 2.24) is 5.32 Å². The third kappa shape index (κ3) is 5.25. The monoisotopic (exact) mass is 260 g/mol. The SMILES string of the molecule is C=C/C=C(\C=C)CCCNC(=O)c1cccc(N)c1.[HH].[HH]. The molecule has 0 radical (unpaired) electrons. The van der Waals surface area contributed by atoms with Gasteiger partial charge in [0.2, 0.25) is 0 Å². The summed E-state index contributed by atoms with van der Waals surface area (Å²) in [5.74, 6) is -0.0971. The van der Waals surface area contributed by atoms with E-state index in [2.05, 4.69) is 18.5 Å². The lowest BCUT2D eigenvalue weighted by atomic mass is 10.1. The molecule has 0 saturated heterocycles. The van der Waals surface area contributed by atoms with Gasteiger partial charge < -0.3 is 11.1 Å². The molecule has 3 N–H and O–H groups in total. The molecule has 0 atom stereocenters. The molecule has 3 nitrogen and oxygen atoms in total. The predicted molar refractivity (Wildman–Crippen MR) is 85.1 cm³/mol. The highest BCUT2D eigenvalue weighted by Crippen LogP contribution is 2.07. The quantitative estimate of drug-likeness (QED) is 0.447. The molecule has 104 valence electrons. The largest absolute Gasteiger partial charge is 0.399 e. The van der Waals surface area contributed by atoms with Gasteiger partial charge in [0.05, 0.1) is 0 Å². The molecule has 0 bridgehead atoms. The van der Waals surface area contributed by atoms with Gasteiger partial charge >= 0.3 is 0 Å². The van der Waals surface area contributed by atoms with Gasteiger partial charge in [-0.15, -0.1) is 0 Å². The minimum atomic E-state index is -0.0971. The number of nitrogen functional groups attached to an aromatic ring is 1. The van der Waals surface area contributed by atoms with E-state index in [4.69, 9.17) is 5.73 Å². The first-order valence-corrected chi connectivity index (χ1v) is 6.25. The minimum Gasteiger partial charge on any atom is -0.399 e. The highest BCUT2D eigenvalue weighted by atomic mass is 16.1. The average Bonchev–Trinajstić information content (AvgIpc) is 2.42. The number of carbonyl (C=O) groups excluding carboxylic acids is 1. The van der Waals surface area contributed by atoms with Crippen molar-refractivity contribution in [2.45, 2.75) is 12.8 Å².